The molecule has 3 rings (SSSR count). The Labute approximate surface area is 175 Å². The molecule has 30 heavy (non-hydrogen) atoms. The van der Waals surface area contributed by atoms with Crippen molar-refractivity contribution in [3.8, 4) is 11.5 Å². The van der Waals surface area contributed by atoms with Crippen molar-refractivity contribution in [1.29, 1.82) is 0 Å². The van der Waals surface area contributed by atoms with Crippen molar-refractivity contribution in [2.75, 3.05) is 0 Å². The Kier molecular flexibility index (Phi) is 6.70. The molecule has 2 N–H and O–H groups in total. The number of hydrogen-bond donors (Lipinski definition) is 2. The molecule has 0 amide bonds. The van der Waals surface area contributed by atoms with Gasteiger partial charge in [0.25, 0.3) is 0 Å². The fourth-order valence-electron chi connectivity index (χ4n) is 4.07. The molecule has 0 saturated heterocycles. The van der Waals surface area contributed by atoms with E-state index in [-0.39, 0.29) is 23.0 Å². The van der Waals surface area contributed by atoms with Crippen LogP contribution in [0.25, 0.3) is 0 Å². The zero-order chi connectivity index (χ0) is 21.8. The van der Waals surface area contributed by atoms with Crippen molar-refractivity contribution in [2.45, 2.75) is 45.4 Å². The molecule has 0 bridgehead atoms. The van der Waals surface area contributed by atoms with Gasteiger partial charge in [-0.3, -0.25) is 4.79 Å². The maximum atomic E-state index is 13.9. The summed E-state index contributed by atoms with van der Waals surface area (Å²) in [5.41, 5.74) is 2.80. The molecule has 5 heteroatoms. The Morgan fingerprint density at radius 1 is 1.10 bits per heavy atom. The van der Waals surface area contributed by atoms with Crippen LogP contribution in [0.4, 0.5) is 8.78 Å². The fourth-order valence-corrected chi connectivity index (χ4v) is 4.07. The second-order valence-electron chi connectivity index (χ2n) is 8.04. The van der Waals surface area contributed by atoms with Crippen LogP contribution in [0.2, 0.25) is 0 Å². The van der Waals surface area contributed by atoms with Gasteiger partial charge in [-0.05, 0) is 75.3 Å². The van der Waals surface area contributed by atoms with E-state index in [1.54, 1.807) is 0 Å². The molecular weight excluding hydrogens is 386 g/mol. The van der Waals surface area contributed by atoms with Crippen LogP contribution < -0.4 is 0 Å². The largest absolute Gasteiger partial charge is 0.507 e. The highest BCUT2D eigenvalue weighted by atomic mass is 19.2. The lowest BCUT2D eigenvalue weighted by Gasteiger charge is -2.31. The summed E-state index contributed by atoms with van der Waals surface area (Å²) in [5.74, 6) is -3.84. The van der Waals surface area contributed by atoms with Crippen molar-refractivity contribution in [2.24, 2.45) is 5.92 Å². The molecule has 0 aromatic heterocycles. The standard InChI is InChI=1S/C25H26F2O3/c1-15(2)5-3-6-16-9-11-18(25(30)24-22(28)7-4-8-23(24)29)19(13-16)17-10-12-20(26)21(27)14-17/h4-5,7-10,12,14,18-19,28-29H,3,6,11,13H2,1-2H3/t18-,19+/m1/s1. The lowest BCUT2D eigenvalue weighted by atomic mass is 9.72. The minimum absolute atomic E-state index is 0.128. The first kappa shape index (κ1) is 21.8. The first-order valence-corrected chi connectivity index (χ1v) is 10.1. The number of hydrogen-bond acceptors (Lipinski definition) is 3. The van der Waals surface area contributed by atoms with E-state index in [2.05, 4.69) is 6.08 Å². The molecule has 0 aliphatic heterocycles. The van der Waals surface area contributed by atoms with Crippen LogP contribution in [0.5, 0.6) is 11.5 Å². The number of carbonyl (C=O) groups excluding carboxylic acids is 1. The number of phenolic OH excluding ortho intramolecular Hbond substituents is 2. The average Bonchev–Trinajstić information content (AvgIpc) is 2.69. The lowest BCUT2D eigenvalue weighted by molar-refractivity contribution is 0.0889. The molecule has 158 valence electrons. The highest BCUT2D eigenvalue weighted by Crippen LogP contribution is 2.43. The van der Waals surface area contributed by atoms with Crippen molar-refractivity contribution < 1.29 is 23.8 Å². The summed E-state index contributed by atoms with van der Waals surface area (Å²) in [6.07, 6.45) is 6.80. The number of Topliss-reactive ketones (excluding diaryl/α,β-unsaturated/α-hetero) is 1. The zero-order valence-electron chi connectivity index (χ0n) is 17.2. The van der Waals surface area contributed by atoms with E-state index in [1.807, 2.05) is 19.9 Å². The fraction of sp³-hybridized carbons (Fsp3) is 0.320. The summed E-state index contributed by atoms with van der Waals surface area (Å²) < 4.78 is 27.4. The molecule has 0 fully saturated rings. The Morgan fingerprint density at radius 3 is 2.43 bits per heavy atom. The van der Waals surface area contributed by atoms with Gasteiger partial charge in [0.15, 0.2) is 17.4 Å². The van der Waals surface area contributed by atoms with Crippen LogP contribution in [-0.4, -0.2) is 16.0 Å². The van der Waals surface area contributed by atoms with Crippen molar-refractivity contribution in [3.05, 3.63) is 82.5 Å². The Bertz CT molecular complexity index is 983. The average molecular weight is 412 g/mol. The van der Waals surface area contributed by atoms with E-state index in [0.29, 0.717) is 18.4 Å². The maximum absolute atomic E-state index is 13.9. The van der Waals surface area contributed by atoms with E-state index < -0.39 is 23.3 Å². The first-order valence-electron chi connectivity index (χ1n) is 10.1. The minimum atomic E-state index is -0.954. The van der Waals surface area contributed by atoms with E-state index in [0.717, 1.165) is 30.5 Å². The summed E-state index contributed by atoms with van der Waals surface area (Å²) >= 11 is 0. The van der Waals surface area contributed by atoms with Gasteiger partial charge in [-0.15, -0.1) is 0 Å². The summed E-state index contributed by atoms with van der Waals surface area (Å²) in [6, 6.07) is 7.88. The summed E-state index contributed by atoms with van der Waals surface area (Å²) in [7, 11) is 0. The van der Waals surface area contributed by atoms with Crippen molar-refractivity contribution in [3.63, 3.8) is 0 Å². The van der Waals surface area contributed by atoms with E-state index in [4.69, 9.17) is 0 Å². The number of benzene rings is 2. The number of allylic oxidation sites excluding steroid dienone is 4. The molecule has 0 saturated carbocycles. The molecular formula is C25H26F2O3. The highest BCUT2D eigenvalue weighted by molar-refractivity contribution is 6.03. The quantitative estimate of drug-likeness (QED) is 0.425. The number of halogens is 2. The van der Waals surface area contributed by atoms with E-state index in [9.17, 15) is 23.8 Å². The second kappa shape index (κ2) is 9.24. The lowest BCUT2D eigenvalue weighted by Crippen LogP contribution is -2.26. The normalized spacial score (nSPS) is 18.6. The molecule has 0 spiro atoms. The molecule has 0 heterocycles. The monoisotopic (exact) mass is 412 g/mol. The molecule has 1 aliphatic rings. The van der Waals surface area contributed by atoms with Crippen LogP contribution >= 0.6 is 0 Å². The zero-order valence-corrected chi connectivity index (χ0v) is 17.2. The third-order valence-electron chi connectivity index (χ3n) is 5.62. The Hall–Kier alpha value is -2.95. The Morgan fingerprint density at radius 2 is 1.80 bits per heavy atom. The predicted molar refractivity (Wildman–Crippen MR) is 113 cm³/mol. The van der Waals surface area contributed by atoms with Gasteiger partial charge in [-0.1, -0.05) is 35.4 Å². The van der Waals surface area contributed by atoms with Gasteiger partial charge in [-0.2, -0.15) is 0 Å². The molecule has 0 unspecified atom stereocenters. The number of aromatic hydroxyl groups is 2. The van der Waals surface area contributed by atoms with Gasteiger partial charge in [0.1, 0.15) is 17.1 Å². The van der Waals surface area contributed by atoms with Gasteiger partial charge in [-0.25, -0.2) is 8.78 Å². The third-order valence-corrected chi connectivity index (χ3v) is 5.62. The number of phenols is 2. The van der Waals surface area contributed by atoms with Crippen LogP contribution in [-0.2, 0) is 0 Å². The molecule has 2 aromatic rings. The highest BCUT2D eigenvalue weighted by Gasteiger charge is 2.35. The van der Waals surface area contributed by atoms with Gasteiger partial charge < -0.3 is 10.2 Å². The first-order chi connectivity index (χ1) is 14.3. The molecule has 2 atom stereocenters. The van der Waals surface area contributed by atoms with E-state index >= 15 is 0 Å². The molecule has 2 aromatic carbocycles. The maximum Gasteiger partial charge on any atom is 0.174 e. The van der Waals surface area contributed by atoms with Gasteiger partial charge in [0, 0.05) is 5.92 Å². The molecule has 0 radical (unpaired) electrons. The minimum Gasteiger partial charge on any atom is -0.507 e. The topological polar surface area (TPSA) is 57.5 Å². The predicted octanol–water partition coefficient (Wildman–Crippen LogP) is 6.43. The number of carbonyl (C=O) groups is 1. The van der Waals surface area contributed by atoms with Gasteiger partial charge in [0.2, 0.25) is 0 Å². The van der Waals surface area contributed by atoms with Gasteiger partial charge in [0.05, 0.1) is 0 Å². The number of rotatable bonds is 6. The third kappa shape index (κ3) is 4.78. The summed E-state index contributed by atoms with van der Waals surface area (Å²) in [5, 5.41) is 20.3. The van der Waals surface area contributed by atoms with Crippen LogP contribution in [0.15, 0.2) is 59.7 Å². The van der Waals surface area contributed by atoms with Crippen LogP contribution in [0.3, 0.4) is 0 Å². The summed E-state index contributed by atoms with van der Waals surface area (Å²) in [4.78, 5) is 13.3. The van der Waals surface area contributed by atoms with Crippen LogP contribution in [0, 0.1) is 17.6 Å². The number of ketones is 1. The molecule has 1 aliphatic carbocycles. The SMILES string of the molecule is CC(C)=CCCC1=CC[C@@H](C(=O)c2c(O)cccc2O)[C@H](c2ccc(F)c(F)c2)C1. The Balaban J connectivity index is 1.96. The smallest absolute Gasteiger partial charge is 0.174 e. The summed E-state index contributed by atoms with van der Waals surface area (Å²) in [6.45, 7) is 4.07. The van der Waals surface area contributed by atoms with E-state index in [1.165, 1.54) is 29.8 Å². The molecule has 3 nitrogen and oxygen atoms in total. The van der Waals surface area contributed by atoms with Gasteiger partial charge >= 0.3 is 0 Å². The second-order valence-corrected chi connectivity index (χ2v) is 8.04. The van der Waals surface area contributed by atoms with Crippen molar-refractivity contribution >= 4 is 5.78 Å². The van der Waals surface area contributed by atoms with Crippen molar-refractivity contribution in [1.82, 2.24) is 0 Å². The van der Waals surface area contributed by atoms with Crippen LogP contribution in [0.1, 0.15) is 61.4 Å².